The molecule has 21 heavy (non-hydrogen) atoms. The SMILES string of the molecule is CCCCCSc1nsc(NC(=O)NCCC)c1C(N)=O. The van der Waals surface area contributed by atoms with Crippen LogP contribution in [-0.4, -0.2) is 28.6 Å². The van der Waals surface area contributed by atoms with E-state index in [2.05, 4.69) is 21.9 Å². The number of urea groups is 1. The lowest BCUT2D eigenvalue weighted by atomic mass is 10.3. The molecule has 6 nitrogen and oxygen atoms in total. The van der Waals surface area contributed by atoms with Gasteiger partial charge in [-0.2, -0.15) is 4.37 Å². The monoisotopic (exact) mass is 330 g/mol. The van der Waals surface area contributed by atoms with Gasteiger partial charge in [-0.05, 0) is 30.1 Å². The normalized spacial score (nSPS) is 10.4. The molecular formula is C13H22N4O2S2. The zero-order valence-corrected chi connectivity index (χ0v) is 14.0. The van der Waals surface area contributed by atoms with Crippen molar-refractivity contribution in [3.8, 4) is 0 Å². The lowest BCUT2D eigenvalue weighted by Crippen LogP contribution is -2.29. The first kappa shape index (κ1) is 17.8. The maximum atomic E-state index is 11.7. The van der Waals surface area contributed by atoms with E-state index in [9.17, 15) is 9.59 Å². The molecule has 3 amide bonds. The molecule has 1 aromatic rings. The zero-order chi connectivity index (χ0) is 15.7. The van der Waals surface area contributed by atoms with Crippen LogP contribution in [0.15, 0.2) is 5.03 Å². The van der Waals surface area contributed by atoms with E-state index in [-0.39, 0.29) is 6.03 Å². The summed E-state index contributed by atoms with van der Waals surface area (Å²) in [5, 5.41) is 6.34. The van der Waals surface area contributed by atoms with Crippen molar-refractivity contribution < 1.29 is 9.59 Å². The fraction of sp³-hybridized carbons (Fsp3) is 0.615. The molecule has 1 rings (SSSR count). The number of nitrogens with zero attached hydrogens (tertiary/aromatic N) is 1. The summed E-state index contributed by atoms with van der Waals surface area (Å²) >= 11 is 2.59. The predicted molar refractivity (Wildman–Crippen MR) is 88.2 cm³/mol. The number of rotatable bonds is 9. The molecule has 0 saturated carbocycles. The number of amides is 3. The Bertz CT molecular complexity index is 477. The molecule has 0 unspecified atom stereocenters. The minimum absolute atomic E-state index is 0.313. The van der Waals surface area contributed by atoms with E-state index in [0.717, 1.165) is 43.0 Å². The Kier molecular flexibility index (Phi) is 8.14. The van der Waals surface area contributed by atoms with Gasteiger partial charge in [0.05, 0.1) is 0 Å². The number of nitrogens with one attached hydrogen (secondary N) is 2. The molecule has 0 fully saturated rings. The van der Waals surface area contributed by atoms with Crippen molar-refractivity contribution in [3.63, 3.8) is 0 Å². The number of carbonyl (C=O) groups is 2. The maximum absolute atomic E-state index is 11.7. The summed E-state index contributed by atoms with van der Waals surface area (Å²) in [6.45, 7) is 4.68. The highest BCUT2D eigenvalue weighted by atomic mass is 32.2. The number of aromatic nitrogens is 1. The first-order chi connectivity index (χ1) is 10.1. The van der Waals surface area contributed by atoms with Crippen molar-refractivity contribution in [2.24, 2.45) is 5.73 Å². The van der Waals surface area contributed by atoms with Gasteiger partial charge in [-0.25, -0.2) is 4.79 Å². The van der Waals surface area contributed by atoms with E-state index >= 15 is 0 Å². The summed E-state index contributed by atoms with van der Waals surface area (Å²) in [5.74, 6) is 0.326. The van der Waals surface area contributed by atoms with Crippen LogP contribution in [0.4, 0.5) is 9.80 Å². The number of anilines is 1. The van der Waals surface area contributed by atoms with E-state index in [1.54, 1.807) is 0 Å². The van der Waals surface area contributed by atoms with Crippen molar-refractivity contribution in [2.45, 2.75) is 44.6 Å². The summed E-state index contributed by atoms with van der Waals surface area (Å²) in [4.78, 5) is 23.2. The van der Waals surface area contributed by atoms with Crippen LogP contribution >= 0.6 is 23.3 Å². The number of primary amides is 1. The minimum atomic E-state index is -0.562. The largest absolute Gasteiger partial charge is 0.365 e. The molecule has 0 aliphatic heterocycles. The number of carbonyl (C=O) groups excluding carboxylic acids is 2. The van der Waals surface area contributed by atoms with Gasteiger partial charge in [0.25, 0.3) is 5.91 Å². The van der Waals surface area contributed by atoms with Gasteiger partial charge in [0.1, 0.15) is 15.6 Å². The lowest BCUT2D eigenvalue weighted by molar-refractivity contribution is 0.0998. The minimum Gasteiger partial charge on any atom is -0.365 e. The molecule has 118 valence electrons. The number of unbranched alkanes of at least 4 members (excludes halogenated alkanes) is 2. The highest BCUT2D eigenvalue weighted by Gasteiger charge is 2.20. The predicted octanol–water partition coefficient (Wildman–Crippen LogP) is 3.06. The third kappa shape index (κ3) is 5.92. The van der Waals surface area contributed by atoms with E-state index in [1.807, 2.05) is 6.92 Å². The Morgan fingerprint density at radius 1 is 1.29 bits per heavy atom. The number of thioether (sulfide) groups is 1. The molecule has 8 heteroatoms. The summed E-state index contributed by atoms with van der Waals surface area (Å²) in [6.07, 6.45) is 4.20. The second-order valence-corrected chi connectivity index (χ2v) is 6.35. The van der Waals surface area contributed by atoms with Crippen LogP contribution in [0.5, 0.6) is 0 Å². The number of hydrogen-bond acceptors (Lipinski definition) is 5. The molecule has 0 atom stereocenters. The zero-order valence-electron chi connectivity index (χ0n) is 12.4. The molecule has 0 bridgehead atoms. The smallest absolute Gasteiger partial charge is 0.319 e. The van der Waals surface area contributed by atoms with E-state index in [0.29, 0.717) is 22.1 Å². The molecule has 1 aromatic heterocycles. The first-order valence-corrected chi connectivity index (χ1v) is 8.83. The average Bonchev–Trinajstić information content (AvgIpc) is 2.84. The molecule has 0 aromatic carbocycles. The van der Waals surface area contributed by atoms with Crippen LogP contribution < -0.4 is 16.4 Å². The van der Waals surface area contributed by atoms with Gasteiger partial charge in [-0.3, -0.25) is 10.1 Å². The molecule has 1 heterocycles. The lowest BCUT2D eigenvalue weighted by Gasteiger charge is -2.06. The topological polar surface area (TPSA) is 97.1 Å². The third-order valence-electron chi connectivity index (χ3n) is 2.66. The molecule has 0 saturated heterocycles. The van der Waals surface area contributed by atoms with Crippen molar-refractivity contribution in [3.05, 3.63) is 5.56 Å². The summed E-state index contributed by atoms with van der Waals surface area (Å²) in [7, 11) is 0. The van der Waals surface area contributed by atoms with E-state index in [4.69, 9.17) is 5.73 Å². The quantitative estimate of drug-likeness (QED) is 0.479. The van der Waals surface area contributed by atoms with Gasteiger partial charge in [0.15, 0.2) is 0 Å². The van der Waals surface area contributed by atoms with Crippen LogP contribution in [-0.2, 0) is 0 Å². The maximum Gasteiger partial charge on any atom is 0.319 e. The highest BCUT2D eigenvalue weighted by molar-refractivity contribution is 7.99. The van der Waals surface area contributed by atoms with Crippen LogP contribution in [0.1, 0.15) is 49.9 Å². The third-order valence-corrected chi connectivity index (χ3v) is 4.60. The average molecular weight is 330 g/mol. The van der Waals surface area contributed by atoms with E-state index in [1.165, 1.54) is 11.8 Å². The van der Waals surface area contributed by atoms with Gasteiger partial charge < -0.3 is 11.1 Å². The van der Waals surface area contributed by atoms with Crippen LogP contribution in [0.25, 0.3) is 0 Å². The van der Waals surface area contributed by atoms with Gasteiger partial charge in [-0.15, -0.1) is 11.8 Å². The van der Waals surface area contributed by atoms with Gasteiger partial charge in [0, 0.05) is 6.54 Å². The van der Waals surface area contributed by atoms with Gasteiger partial charge in [-0.1, -0.05) is 26.7 Å². The molecule has 0 radical (unpaired) electrons. The first-order valence-electron chi connectivity index (χ1n) is 7.07. The molecule has 0 aliphatic carbocycles. The Hall–Kier alpha value is -1.28. The Morgan fingerprint density at radius 2 is 2.05 bits per heavy atom. The molecule has 0 aliphatic rings. The van der Waals surface area contributed by atoms with Gasteiger partial charge in [0.2, 0.25) is 0 Å². The molecule has 0 spiro atoms. The summed E-state index contributed by atoms with van der Waals surface area (Å²) in [6, 6.07) is -0.342. The highest BCUT2D eigenvalue weighted by Crippen LogP contribution is 2.32. The molecular weight excluding hydrogens is 308 g/mol. The van der Waals surface area contributed by atoms with Crippen molar-refractivity contribution in [2.75, 3.05) is 17.6 Å². The molecule has 4 N–H and O–H groups in total. The van der Waals surface area contributed by atoms with Crippen molar-refractivity contribution >= 4 is 40.2 Å². The second-order valence-electron chi connectivity index (χ2n) is 4.49. The van der Waals surface area contributed by atoms with Crippen molar-refractivity contribution in [1.82, 2.24) is 9.69 Å². The number of nitrogens with two attached hydrogens (primary N) is 1. The van der Waals surface area contributed by atoms with Gasteiger partial charge >= 0.3 is 6.03 Å². The van der Waals surface area contributed by atoms with Crippen LogP contribution in [0.2, 0.25) is 0 Å². The number of hydrogen-bond donors (Lipinski definition) is 3. The Morgan fingerprint density at radius 3 is 2.67 bits per heavy atom. The summed E-state index contributed by atoms with van der Waals surface area (Å²) in [5.41, 5.74) is 5.72. The van der Waals surface area contributed by atoms with Crippen LogP contribution in [0, 0.1) is 0 Å². The Balaban J connectivity index is 2.69. The van der Waals surface area contributed by atoms with Crippen molar-refractivity contribution in [1.29, 1.82) is 0 Å². The fourth-order valence-electron chi connectivity index (χ4n) is 1.58. The van der Waals surface area contributed by atoms with Crippen LogP contribution in [0.3, 0.4) is 0 Å². The van der Waals surface area contributed by atoms with E-state index < -0.39 is 5.91 Å². The summed E-state index contributed by atoms with van der Waals surface area (Å²) < 4.78 is 4.23. The Labute approximate surface area is 133 Å². The second kappa shape index (κ2) is 9.62. The fourth-order valence-corrected chi connectivity index (χ4v) is 3.55. The standard InChI is InChI=1S/C13H22N4O2S2/c1-3-5-6-8-20-12-9(10(14)18)11(21-17-12)16-13(19)15-7-4-2/h3-8H2,1-2H3,(H2,14,18)(H2,15,16,19).